The van der Waals surface area contributed by atoms with Gasteiger partial charge in [-0.2, -0.15) is 0 Å². The van der Waals surface area contributed by atoms with E-state index in [0.717, 1.165) is 4.31 Å². The zero-order valence-corrected chi connectivity index (χ0v) is 13.4. The number of rotatable bonds is 4. The van der Waals surface area contributed by atoms with Crippen molar-refractivity contribution in [2.45, 2.75) is 11.8 Å². The molecule has 0 aliphatic carbocycles. The van der Waals surface area contributed by atoms with Crippen LogP contribution in [0.3, 0.4) is 0 Å². The van der Waals surface area contributed by atoms with E-state index in [1.165, 1.54) is 26.4 Å². The van der Waals surface area contributed by atoms with Crippen molar-refractivity contribution in [3.63, 3.8) is 0 Å². The smallest absolute Gasteiger partial charge is 0.294 e. The minimum Gasteiger partial charge on any atom is -0.494 e. The lowest BCUT2D eigenvalue weighted by Crippen LogP contribution is -2.24. The molecule has 120 valence electrons. The molecular formula is C14H18N2O5S. The molecule has 0 aromatic heterocycles. The summed E-state index contributed by atoms with van der Waals surface area (Å²) in [4.78, 5) is 12.1. The molecule has 0 unspecified atom stereocenters. The molecule has 0 atom stereocenters. The Bertz CT molecular complexity index is 710. The lowest BCUT2D eigenvalue weighted by Gasteiger charge is -2.17. The Morgan fingerprint density at radius 1 is 1.27 bits per heavy atom. The lowest BCUT2D eigenvalue weighted by atomic mass is 10.2. The molecule has 1 aliphatic heterocycles. The van der Waals surface area contributed by atoms with Crippen LogP contribution < -0.4 is 5.32 Å². The van der Waals surface area contributed by atoms with Crippen LogP contribution in [0.5, 0.6) is 0 Å². The van der Waals surface area contributed by atoms with E-state index in [2.05, 4.69) is 5.32 Å². The van der Waals surface area contributed by atoms with Gasteiger partial charge >= 0.3 is 0 Å². The van der Waals surface area contributed by atoms with E-state index in [1.807, 2.05) is 0 Å². The maximum Gasteiger partial charge on any atom is 0.294 e. The van der Waals surface area contributed by atoms with Gasteiger partial charge in [0.2, 0.25) is 15.8 Å². The summed E-state index contributed by atoms with van der Waals surface area (Å²) in [5.74, 6) is -0.430. The predicted molar refractivity (Wildman–Crippen MR) is 80.7 cm³/mol. The second-order valence-corrected chi connectivity index (χ2v) is 7.04. The van der Waals surface area contributed by atoms with E-state index >= 15 is 0 Å². The fourth-order valence-corrected chi connectivity index (χ4v) is 2.98. The first kappa shape index (κ1) is 16.3. The fourth-order valence-electron chi connectivity index (χ4n) is 1.83. The monoisotopic (exact) mass is 326 g/mol. The van der Waals surface area contributed by atoms with Crippen molar-refractivity contribution in [3.05, 3.63) is 35.8 Å². The molecule has 2 rings (SSSR count). The number of anilines is 1. The molecule has 1 aromatic carbocycles. The predicted octanol–water partition coefficient (Wildman–Crippen LogP) is 1.07. The third-order valence-corrected chi connectivity index (χ3v) is 5.03. The van der Waals surface area contributed by atoms with Gasteiger partial charge in [0.25, 0.3) is 5.91 Å². The summed E-state index contributed by atoms with van der Waals surface area (Å²) in [7, 11) is -0.666. The number of amides is 1. The summed E-state index contributed by atoms with van der Waals surface area (Å²) in [5.41, 5.74) is 0.967. The Kier molecular flexibility index (Phi) is 4.72. The SMILES string of the molecule is Cc1ccc(NC(=O)C2=COCCO2)cc1S(=O)(=O)N(C)C. The third kappa shape index (κ3) is 3.40. The topological polar surface area (TPSA) is 84.9 Å². The van der Waals surface area contributed by atoms with Crippen LogP contribution in [-0.4, -0.2) is 45.9 Å². The molecule has 0 spiro atoms. The molecule has 7 nitrogen and oxygen atoms in total. The highest BCUT2D eigenvalue weighted by molar-refractivity contribution is 7.89. The molecule has 0 radical (unpaired) electrons. The summed E-state index contributed by atoms with van der Waals surface area (Å²) in [6.45, 7) is 2.39. The van der Waals surface area contributed by atoms with Crippen molar-refractivity contribution in [2.24, 2.45) is 0 Å². The Morgan fingerprint density at radius 2 is 2.00 bits per heavy atom. The Morgan fingerprint density at radius 3 is 2.59 bits per heavy atom. The Labute approximate surface area is 129 Å². The van der Waals surface area contributed by atoms with Crippen molar-refractivity contribution in [1.29, 1.82) is 0 Å². The number of hydrogen-bond donors (Lipinski definition) is 1. The number of nitrogens with zero attached hydrogens (tertiary/aromatic N) is 1. The summed E-state index contributed by atoms with van der Waals surface area (Å²) in [5, 5.41) is 2.60. The molecule has 1 aliphatic rings. The van der Waals surface area contributed by atoms with Crippen molar-refractivity contribution < 1.29 is 22.7 Å². The Hall–Kier alpha value is -2.06. The van der Waals surface area contributed by atoms with Crippen LogP contribution in [0.15, 0.2) is 35.1 Å². The standard InChI is InChI=1S/C14H18N2O5S/c1-10-4-5-11(8-13(10)22(18,19)16(2)3)15-14(17)12-9-20-6-7-21-12/h4-5,8-9H,6-7H2,1-3H3,(H,15,17). The molecule has 1 heterocycles. The molecule has 1 N–H and O–H groups in total. The van der Waals surface area contributed by atoms with Gasteiger partial charge in [0.1, 0.15) is 19.5 Å². The van der Waals surface area contributed by atoms with Crippen LogP contribution in [0.4, 0.5) is 5.69 Å². The highest BCUT2D eigenvalue weighted by Crippen LogP contribution is 2.23. The van der Waals surface area contributed by atoms with Crippen molar-refractivity contribution >= 4 is 21.6 Å². The molecule has 0 saturated heterocycles. The van der Waals surface area contributed by atoms with Crippen LogP contribution in [-0.2, 0) is 24.3 Å². The van der Waals surface area contributed by atoms with Crippen LogP contribution in [0, 0.1) is 6.92 Å². The average Bonchev–Trinajstić information content (AvgIpc) is 2.49. The molecule has 22 heavy (non-hydrogen) atoms. The van der Waals surface area contributed by atoms with Gasteiger partial charge in [0, 0.05) is 19.8 Å². The summed E-state index contributed by atoms with van der Waals surface area (Å²) < 4.78 is 35.8. The first-order valence-corrected chi connectivity index (χ1v) is 8.05. The van der Waals surface area contributed by atoms with Crippen molar-refractivity contribution in [1.82, 2.24) is 4.31 Å². The lowest BCUT2D eigenvalue weighted by molar-refractivity contribution is -0.117. The zero-order chi connectivity index (χ0) is 16.3. The van der Waals surface area contributed by atoms with E-state index in [1.54, 1.807) is 19.1 Å². The summed E-state index contributed by atoms with van der Waals surface area (Å²) >= 11 is 0. The summed E-state index contributed by atoms with van der Waals surface area (Å²) in [6.07, 6.45) is 1.24. The normalized spacial score (nSPS) is 14.8. The second kappa shape index (κ2) is 6.37. The summed E-state index contributed by atoms with van der Waals surface area (Å²) in [6, 6.07) is 4.69. The second-order valence-electron chi connectivity index (χ2n) is 4.92. The molecule has 0 fully saturated rings. The van der Waals surface area contributed by atoms with E-state index < -0.39 is 15.9 Å². The van der Waals surface area contributed by atoms with Gasteiger partial charge in [-0.05, 0) is 24.6 Å². The highest BCUT2D eigenvalue weighted by atomic mass is 32.2. The number of sulfonamides is 1. The number of nitrogens with one attached hydrogen (secondary N) is 1. The average molecular weight is 326 g/mol. The maximum absolute atomic E-state index is 12.2. The molecule has 0 bridgehead atoms. The van der Waals surface area contributed by atoms with Crippen molar-refractivity contribution in [2.75, 3.05) is 32.6 Å². The largest absolute Gasteiger partial charge is 0.494 e. The molecule has 1 aromatic rings. The fraction of sp³-hybridized carbons (Fsp3) is 0.357. The molecule has 1 amide bonds. The van der Waals surface area contributed by atoms with E-state index in [4.69, 9.17) is 9.47 Å². The molecule has 0 saturated carbocycles. The minimum absolute atomic E-state index is 0.0591. The Balaban J connectivity index is 2.27. The molecular weight excluding hydrogens is 308 g/mol. The van der Waals surface area contributed by atoms with E-state index in [0.29, 0.717) is 24.5 Å². The first-order valence-electron chi connectivity index (χ1n) is 6.61. The highest BCUT2D eigenvalue weighted by Gasteiger charge is 2.21. The quantitative estimate of drug-likeness (QED) is 0.895. The number of carbonyl (C=O) groups excluding carboxylic acids is 1. The van der Waals surface area contributed by atoms with Gasteiger partial charge in [-0.25, -0.2) is 12.7 Å². The first-order chi connectivity index (χ1) is 10.3. The number of benzene rings is 1. The van der Waals surface area contributed by atoms with Gasteiger partial charge in [-0.1, -0.05) is 6.07 Å². The van der Waals surface area contributed by atoms with E-state index in [9.17, 15) is 13.2 Å². The third-order valence-electron chi connectivity index (χ3n) is 3.08. The van der Waals surface area contributed by atoms with Crippen LogP contribution >= 0.6 is 0 Å². The van der Waals surface area contributed by atoms with Gasteiger partial charge in [0.15, 0.2) is 0 Å². The van der Waals surface area contributed by atoms with E-state index in [-0.39, 0.29) is 10.7 Å². The number of aryl methyl sites for hydroxylation is 1. The maximum atomic E-state index is 12.2. The van der Waals surface area contributed by atoms with Gasteiger partial charge in [-0.15, -0.1) is 0 Å². The van der Waals surface area contributed by atoms with Crippen LogP contribution in [0.2, 0.25) is 0 Å². The van der Waals surface area contributed by atoms with Crippen LogP contribution in [0.1, 0.15) is 5.56 Å². The van der Waals surface area contributed by atoms with Gasteiger partial charge < -0.3 is 14.8 Å². The van der Waals surface area contributed by atoms with Crippen molar-refractivity contribution in [3.8, 4) is 0 Å². The zero-order valence-electron chi connectivity index (χ0n) is 12.6. The van der Waals surface area contributed by atoms with Gasteiger partial charge in [-0.3, -0.25) is 4.79 Å². The van der Waals surface area contributed by atoms with Crippen LogP contribution in [0.25, 0.3) is 0 Å². The molecule has 8 heteroatoms. The number of ether oxygens (including phenoxy) is 2. The minimum atomic E-state index is -3.58. The van der Waals surface area contributed by atoms with Gasteiger partial charge in [0.05, 0.1) is 4.90 Å². The number of carbonyl (C=O) groups is 1. The number of hydrogen-bond acceptors (Lipinski definition) is 5.